The predicted octanol–water partition coefficient (Wildman–Crippen LogP) is 2.48. The van der Waals surface area contributed by atoms with Crippen LogP contribution in [-0.2, 0) is 0 Å². The van der Waals surface area contributed by atoms with Crippen molar-refractivity contribution in [1.82, 2.24) is 9.97 Å². The van der Waals surface area contributed by atoms with Crippen LogP contribution in [0, 0.1) is 0 Å². The molecule has 1 aliphatic heterocycles. The van der Waals surface area contributed by atoms with E-state index in [1.807, 2.05) is 18.8 Å². The first kappa shape index (κ1) is 11.8. The van der Waals surface area contributed by atoms with Gasteiger partial charge in [-0.1, -0.05) is 11.6 Å². The number of hydrogen-bond donors (Lipinski definition) is 2. The van der Waals surface area contributed by atoms with Crippen molar-refractivity contribution < 1.29 is 0 Å². The Morgan fingerprint density at radius 3 is 3.06 bits per heavy atom. The number of nitrogens with zero attached hydrogens (tertiary/aromatic N) is 2. The molecule has 4 nitrogen and oxygen atoms in total. The third-order valence-electron chi connectivity index (χ3n) is 2.55. The van der Waals surface area contributed by atoms with E-state index in [0.29, 0.717) is 11.2 Å². The molecule has 88 valence electrons. The van der Waals surface area contributed by atoms with Crippen LogP contribution in [0.4, 0.5) is 11.5 Å². The summed E-state index contributed by atoms with van der Waals surface area (Å²) in [6, 6.07) is 0.483. The molecule has 1 atom stereocenters. The second-order valence-electron chi connectivity index (χ2n) is 3.70. The molecule has 1 aromatic heterocycles. The maximum atomic E-state index is 5.99. The number of hydrogen-bond acceptors (Lipinski definition) is 5. The summed E-state index contributed by atoms with van der Waals surface area (Å²) in [7, 11) is 1.82. The molecule has 2 rings (SSSR count). The molecule has 0 amide bonds. The largest absolute Gasteiger partial charge is 0.383 e. The van der Waals surface area contributed by atoms with Crippen LogP contribution < -0.4 is 10.6 Å². The van der Waals surface area contributed by atoms with Gasteiger partial charge in [-0.2, -0.15) is 11.8 Å². The van der Waals surface area contributed by atoms with Crippen molar-refractivity contribution in [2.75, 3.05) is 29.2 Å². The zero-order valence-corrected chi connectivity index (χ0v) is 10.7. The van der Waals surface area contributed by atoms with Crippen LogP contribution in [0.1, 0.15) is 12.8 Å². The van der Waals surface area contributed by atoms with Gasteiger partial charge in [-0.05, 0) is 18.6 Å². The number of aromatic nitrogens is 2. The summed E-state index contributed by atoms with van der Waals surface area (Å²) in [5.74, 6) is 3.20. The van der Waals surface area contributed by atoms with Gasteiger partial charge in [0.15, 0.2) is 11.0 Å². The summed E-state index contributed by atoms with van der Waals surface area (Å²) in [4.78, 5) is 8.18. The predicted molar refractivity (Wildman–Crippen MR) is 70.6 cm³/mol. The van der Waals surface area contributed by atoms with E-state index >= 15 is 0 Å². The van der Waals surface area contributed by atoms with E-state index in [2.05, 4.69) is 20.6 Å². The smallest absolute Gasteiger partial charge is 0.157 e. The monoisotopic (exact) mass is 258 g/mol. The Morgan fingerprint density at radius 2 is 2.38 bits per heavy atom. The molecule has 6 heteroatoms. The molecule has 1 saturated heterocycles. The van der Waals surface area contributed by atoms with E-state index in [1.165, 1.54) is 24.9 Å². The van der Waals surface area contributed by atoms with Crippen LogP contribution in [0.5, 0.6) is 0 Å². The maximum Gasteiger partial charge on any atom is 0.157 e. The van der Waals surface area contributed by atoms with Gasteiger partial charge in [-0.3, -0.25) is 0 Å². The van der Waals surface area contributed by atoms with Crippen molar-refractivity contribution in [3.63, 3.8) is 0 Å². The molecule has 0 aromatic carbocycles. The van der Waals surface area contributed by atoms with Crippen molar-refractivity contribution in [2.24, 2.45) is 0 Å². The van der Waals surface area contributed by atoms with Gasteiger partial charge in [0, 0.05) is 18.8 Å². The van der Waals surface area contributed by atoms with Crippen molar-refractivity contribution in [3.05, 3.63) is 11.5 Å². The van der Waals surface area contributed by atoms with Gasteiger partial charge in [-0.25, -0.2) is 9.97 Å². The van der Waals surface area contributed by atoms with Crippen molar-refractivity contribution in [3.8, 4) is 0 Å². The standard InChI is InChI=1S/C10H15ClN4S/c1-12-8-9(11)13-6-14-10(8)15-7-3-2-4-16-5-7/h6-7,12H,2-5H2,1H3,(H,13,14,15). The van der Waals surface area contributed by atoms with Gasteiger partial charge in [-0.15, -0.1) is 0 Å². The topological polar surface area (TPSA) is 49.8 Å². The first-order chi connectivity index (χ1) is 7.81. The maximum absolute atomic E-state index is 5.99. The minimum Gasteiger partial charge on any atom is -0.383 e. The van der Waals surface area contributed by atoms with Crippen LogP contribution in [0.25, 0.3) is 0 Å². The molecule has 0 aliphatic carbocycles. The molecule has 16 heavy (non-hydrogen) atoms. The zero-order valence-electron chi connectivity index (χ0n) is 9.16. The molecular weight excluding hydrogens is 244 g/mol. The molecule has 1 unspecified atom stereocenters. The van der Waals surface area contributed by atoms with Gasteiger partial charge in [0.2, 0.25) is 0 Å². The number of anilines is 2. The fourth-order valence-electron chi connectivity index (χ4n) is 1.74. The molecule has 0 saturated carbocycles. The zero-order chi connectivity index (χ0) is 11.4. The molecule has 2 N–H and O–H groups in total. The number of halogens is 1. The summed E-state index contributed by atoms with van der Waals surface area (Å²) < 4.78 is 0. The van der Waals surface area contributed by atoms with Crippen LogP contribution in [0.3, 0.4) is 0 Å². The Balaban J connectivity index is 2.10. The second-order valence-corrected chi connectivity index (χ2v) is 5.20. The average Bonchev–Trinajstić information content (AvgIpc) is 2.31. The molecule has 2 heterocycles. The van der Waals surface area contributed by atoms with Gasteiger partial charge < -0.3 is 10.6 Å². The lowest BCUT2D eigenvalue weighted by Crippen LogP contribution is -2.26. The summed E-state index contributed by atoms with van der Waals surface area (Å²) in [6.45, 7) is 0. The lowest BCUT2D eigenvalue weighted by atomic mass is 10.2. The SMILES string of the molecule is CNc1c(Cl)ncnc1NC1CCCSC1. The Bertz CT molecular complexity index is 355. The van der Waals surface area contributed by atoms with Gasteiger partial charge in [0.25, 0.3) is 0 Å². The van der Waals surface area contributed by atoms with E-state index in [9.17, 15) is 0 Å². The Hall–Kier alpha value is -0.680. The normalized spacial score (nSPS) is 20.5. The molecule has 1 aliphatic rings. The van der Waals surface area contributed by atoms with E-state index in [0.717, 1.165) is 17.3 Å². The van der Waals surface area contributed by atoms with E-state index in [4.69, 9.17) is 11.6 Å². The fourth-order valence-corrected chi connectivity index (χ4v) is 3.04. The minimum absolute atomic E-state index is 0.462. The molecule has 0 radical (unpaired) electrons. The average molecular weight is 259 g/mol. The Morgan fingerprint density at radius 1 is 1.50 bits per heavy atom. The van der Waals surface area contributed by atoms with Crippen LogP contribution in [0.2, 0.25) is 5.15 Å². The quantitative estimate of drug-likeness (QED) is 0.816. The highest BCUT2D eigenvalue weighted by molar-refractivity contribution is 7.99. The first-order valence-electron chi connectivity index (χ1n) is 5.34. The number of nitrogens with one attached hydrogen (secondary N) is 2. The van der Waals surface area contributed by atoms with E-state index < -0.39 is 0 Å². The molecule has 0 spiro atoms. The third kappa shape index (κ3) is 2.71. The first-order valence-corrected chi connectivity index (χ1v) is 6.87. The van der Waals surface area contributed by atoms with E-state index in [-0.39, 0.29) is 0 Å². The minimum atomic E-state index is 0.462. The van der Waals surface area contributed by atoms with Crippen molar-refractivity contribution in [2.45, 2.75) is 18.9 Å². The number of rotatable bonds is 3. The van der Waals surface area contributed by atoms with Crippen molar-refractivity contribution >= 4 is 34.9 Å². The fraction of sp³-hybridized carbons (Fsp3) is 0.600. The number of thioether (sulfide) groups is 1. The molecule has 1 fully saturated rings. The van der Waals surface area contributed by atoms with E-state index in [1.54, 1.807) is 0 Å². The van der Waals surface area contributed by atoms with Gasteiger partial charge >= 0.3 is 0 Å². The Labute approximate surface area is 105 Å². The third-order valence-corrected chi connectivity index (χ3v) is 4.05. The summed E-state index contributed by atoms with van der Waals surface area (Å²) in [5.41, 5.74) is 0.778. The van der Waals surface area contributed by atoms with Crippen molar-refractivity contribution in [1.29, 1.82) is 0 Å². The Kier molecular flexibility index (Phi) is 4.12. The lowest BCUT2D eigenvalue weighted by molar-refractivity contribution is 0.682. The highest BCUT2D eigenvalue weighted by atomic mass is 35.5. The summed E-state index contributed by atoms with van der Waals surface area (Å²) in [5, 5.41) is 6.91. The molecule has 0 bridgehead atoms. The highest BCUT2D eigenvalue weighted by Gasteiger charge is 2.16. The lowest BCUT2D eigenvalue weighted by Gasteiger charge is -2.24. The van der Waals surface area contributed by atoms with Gasteiger partial charge in [0.1, 0.15) is 12.0 Å². The van der Waals surface area contributed by atoms with Crippen LogP contribution in [-0.4, -0.2) is 34.6 Å². The van der Waals surface area contributed by atoms with Crippen LogP contribution >= 0.6 is 23.4 Å². The molecular formula is C10H15ClN4S. The highest BCUT2D eigenvalue weighted by Crippen LogP contribution is 2.28. The summed E-state index contributed by atoms with van der Waals surface area (Å²) >= 11 is 7.97. The molecule has 1 aromatic rings. The van der Waals surface area contributed by atoms with Crippen LogP contribution in [0.15, 0.2) is 6.33 Å². The van der Waals surface area contributed by atoms with Gasteiger partial charge in [0.05, 0.1) is 0 Å². The second kappa shape index (κ2) is 5.59. The summed E-state index contributed by atoms with van der Waals surface area (Å²) in [6.07, 6.45) is 3.94.